The third-order valence-electron chi connectivity index (χ3n) is 3.28. The number of nitrogens with zero attached hydrogens (tertiary/aromatic N) is 1. The first-order valence-corrected chi connectivity index (χ1v) is 7.77. The molecule has 0 aliphatic heterocycles. The van der Waals surface area contributed by atoms with Crippen LogP contribution in [-0.4, -0.2) is 46.0 Å². The molecular formula is C17H20ClN3O3. The Balaban J connectivity index is 2.24. The number of halogens is 1. The van der Waals surface area contributed by atoms with Crippen LogP contribution in [0.5, 0.6) is 0 Å². The number of amides is 2. The number of aromatic nitrogens is 1. The van der Waals surface area contributed by atoms with Crippen molar-refractivity contribution in [3.63, 3.8) is 0 Å². The molecule has 0 aliphatic carbocycles. The zero-order chi connectivity index (χ0) is 17.9. The first-order chi connectivity index (χ1) is 11.2. The van der Waals surface area contributed by atoms with Gasteiger partial charge in [-0.3, -0.25) is 4.79 Å². The Hall–Kier alpha value is -2.31. The molecule has 0 fully saturated rings. The quantitative estimate of drug-likeness (QED) is 0.725. The Morgan fingerprint density at radius 1 is 1.33 bits per heavy atom. The van der Waals surface area contributed by atoms with Crippen LogP contribution in [0, 0.1) is 0 Å². The van der Waals surface area contributed by atoms with Crippen LogP contribution in [0.3, 0.4) is 0 Å². The number of nitrogens with one attached hydrogen (secondary N) is 2. The lowest BCUT2D eigenvalue weighted by molar-refractivity contribution is 0.0550. The van der Waals surface area contributed by atoms with E-state index in [-0.39, 0.29) is 17.9 Å². The maximum Gasteiger partial charge on any atom is 0.321 e. The van der Waals surface area contributed by atoms with Gasteiger partial charge in [-0.05, 0) is 44.2 Å². The van der Waals surface area contributed by atoms with Gasteiger partial charge in [-0.2, -0.15) is 0 Å². The summed E-state index contributed by atoms with van der Waals surface area (Å²) >= 11 is 5.99. The number of urea groups is 1. The molecule has 1 aromatic carbocycles. The van der Waals surface area contributed by atoms with Crippen molar-refractivity contribution < 1.29 is 14.7 Å². The van der Waals surface area contributed by atoms with Gasteiger partial charge >= 0.3 is 6.03 Å². The van der Waals surface area contributed by atoms with E-state index in [4.69, 9.17) is 11.6 Å². The van der Waals surface area contributed by atoms with Gasteiger partial charge in [-0.25, -0.2) is 4.79 Å². The van der Waals surface area contributed by atoms with Gasteiger partial charge in [0.2, 0.25) is 5.78 Å². The molecule has 2 amide bonds. The van der Waals surface area contributed by atoms with Crippen molar-refractivity contribution in [2.75, 3.05) is 18.9 Å². The van der Waals surface area contributed by atoms with Crippen molar-refractivity contribution in [3.8, 4) is 0 Å². The van der Waals surface area contributed by atoms with Gasteiger partial charge in [0, 0.05) is 23.8 Å². The van der Waals surface area contributed by atoms with Crippen molar-refractivity contribution in [2.24, 2.45) is 0 Å². The van der Waals surface area contributed by atoms with Crippen LogP contribution >= 0.6 is 11.6 Å². The molecule has 6 nitrogen and oxygen atoms in total. The molecule has 0 unspecified atom stereocenters. The number of hydrogen-bond acceptors (Lipinski definition) is 3. The highest BCUT2D eigenvalue weighted by Crippen LogP contribution is 2.23. The minimum absolute atomic E-state index is 0.145. The third-order valence-corrected chi connectivity index (χ3v) is 3.52. The number of anilines is 1. The largest absolute Gasteiger partial charge is 0.389 e. The summed E-state index contributed by atoms with van der Waals surface area (Å²) in [7, 11) is 1.57. The van der Waals surface area contributed by atoms with Crippen LogP contribution in [0.4, 0.5) is 10.5 Å². The molecule has 0 radical (unpaired) electrons. The van der Waals surface area contributed by atoms with E-state index in [0.717, 1.165) is 0 Å². The van der Waals surface area contributed by atoms with Gasteiger partial charge in [0.05, 0.1) is 23.5 Å². The first-order valence-electron chi connectivity index (χ1n) is 7.39. The Morgan fingerprint density at radius 2 is 2.04 bits per heavy atom. The Kier molecular flexibility index (Phi) is 5.31. The van der Waals surface area contributed by atoms with E-state index in [0.29, 0.717) is 16.4 Å². The van der Waals surface area contributed by atoms with Crippen LogP contribution in [0.25, 0.3) is 0 Å². The molecule has 0 bridgehead atoms. The van der Waals surface area contributed by atoms with Crippen molar-refractivity contribution in [1.29, 1.82) is 0 Å². The maximum absolute atomic E-state index is 12.6. The summed E-state index contributed by atoms with van der Waals surface area (Å²) in [5, 5.41) is 12.9. The maximum atomic E-state index is 12.6. The highest BCUT2D eigenvalue weighted by molar-refractivity contribution is 6.31. The van der Waals surface area contributed by atoms with Gasteiger partial charge in [0.25, 0.3) is 0 Å². The number of likely N-dealkylation sites (N-methyl/N-ethyl adjacent to an activating group) is 1. The zero-order valence-electron chi connectivity index (χ0n) is 13.8. The van der Waals surface area contributed by atoms with Gasteiger partial charge in [0.15, 0.2) is 0 Å². The fourth-order valence-electron chi connectivity index (χ4n) is 2.29. The van der Waals surface area contributed by atoms with E-state index in [2.05, 4.69) is 10.3 Å². The van der Waals surface area contributed by atoms with Crippen molar-refractivity contribution >= 4 is 29.1 Å². The molecule has 0 spiro atoms. The van der Waals surface area contributed by atoms with E-state index in [1.807, 2.05) is 0 Å². The van der Waals surface area contributed by atoms with Crippen LogP contribution in [0.1, 0.15) is 29.9 Å². The predicted octanol–water partition coefficient (Wildman–Crippen LogP) is 3.13. The standard InChI is InChI=1S/C17H20ClN3O3/c1-17(2,24)10-21(3)16(23)20-13-7-6-11(18)9-12(13)15(22)14-5-4-8-19-14/h4-9,19,24H,10H2,1-3H3,(H,20,23). The minimum Gasteiger partial charge on any atom is -0.389 e. The van der Waals surface area contributed by atoms with Gasteiger partial charge in [-0.15, -0.1) is 0 Å². The summed E-state index contributed by atoms with van der Waals surface area (Å²) in [6.45, 7) is 3.37. The molecule has 24 heavy (non-hydrogen) atoms. The Bertz CT molecular complexity index is 736. The summed E-state index contributed by atoms with van der Waals surface area (Å²) < 4.78 is 0. The Morgan fingerprint density at radius 3 is 2.62 bits per heavy atom. The van der Waals surface area contributed by atoms with Gasteiger partial charge in [0.1, 0.15) is 0 Å². The number of aliphatic hydroxyl groups is 1. The van der Waals surface area contributed by atoms with Crippen molar-refractivity contribution in [2.45, 2.75) is 19.4 Å². The van der Waals surface area contributed by atoms with E-state index >= 15 is 0 Å². The molecule has 2 rings (SSSR count). The second-order valence-electron chi connectivity index (χ2n) is 6.20. The van der Waals surface area contributed by atoms with Crippen LogP contribution in [-0.2, 0) is 0 Å². The number of hydrogen-bond donors (Lipinski definition) is 3. The number of benzene rings is 1. The molecule has 0 saturated carbocycles. The molecule has 1 heterocycles. The van der Waals surface area contributed by atoms with E-state index in [9.17, 15) is 14.7 Å². The molecule has 0 atom stereocenters. The molecule has 1 aromatic heterocycles. The highest BCUT2D eigenvalue weighted by Gasteiger charge is 2.21. The summed E-state index contributed by atoms with van der Waals surface area (Å²) in [5.74, 6) is -0.275. The van der Waals surface area contributed by atoms with Crippen LogP contribution in [0.15, 0.2) is 36.5 Å². The monoisotopic (exact) mass is 349 g/mol. The molecule has 2 aromatic rings. The first kappa shape index (κ1) is 18.0. The molecule has 3 N–H and O–H groups in total. The predicted molar refractivity (Wildman–Crippen MR) is 93.6 cm³/mol. The summed E-state index contributed by atoms with van der Waals surface area (Å²) in [6, 6.07) is 7.62. The average molecular weight is 350 g/mol. The van der Waals surface area contributed by atoms with Crippen molar-refractivity contribution in [1.82, 2.24) is 9.88 Å². The van der Waals surface area contributed by atoms with Gasteiger partial charge < -0.3 is 20.3 Å². The number of carbonyl (C=O) groups excluding carboxylic acids is 2. The molecule has 0 aliphatic rings. The summed E-state index contributed by atoms with van der Waals surface area (Å²) in [5.41, 5.74) is 0.0220. The average Bonchev–Trinajstić information content (AvgIpc) is 3.00. The lowest BCUT2D eigenvalue weighted by Gasteiger charge is -2.26. The van der Waals surface area contributed by atoms with E-state index in [1.54, 1.807) is 51.4 Å². The number of carbonyl (C=O) groups is 2. The highest BCUT2D eigenvalue weighted by atomic mass is 35.5. The fraction of sp³-hybridized carbons (Fsp3) is 0.294. The molecule has 128 valence electrons. The number of ketones is 1. The second-order valence-corrected chi connectivity index (χ2v) is 6.64. The van der Waals surface area contributed by atoms with Crippen LogP contribution in [0.2, 0.25) is 5.02 Å². The van der Waals surface area contributed by atoms with E-state index in [1.165, 1.54) is 11.0 Å². The minimum atomic E-state index is -1.02. The van der Waals surface area contributed by atoms with Crippen molar-refractivity contribution in [3.05, 3.63) is 52.8 Å². The molecule has 7 heteroatoms. The molecule has 0 saturated heterocycles. The number of H-pyrrole nitrogens is 1. The smallest absolute Gasteiger partial charge is 0.321 e. The zero-order valence-corrected chi connectivity index (χ0v) is 14.5. The SMILES string of the molecule is CN(CC(C)(C)O)C(=O)Nc1ccc(Cl)cc1C(=O)c1ccc[nH]1. The third kappa shape index (κ3) is 4.59. The summed E-state index contributed by atoms with van der Waals surface area (Å²) in [4.78, 5) is 29.0. The topological polar surface area (TPSA) is 85.4 Å². The Labute approximate surface area is 145 Å². The second kappa shape index (κ2) is 7.07. The summed E-state index contributed by atoms with van der Waals surface area (Å²) in [6.07, 6.45) is 1.65. The lowest BCUT2D eigenvalue weighted by Crippen LogP contribution is -2.41. The van der Waals surface area contributed by atoms with Gasteiger partial charge in [-0.1, -0.05) is 11.6 Å². The van der Waals surface area contributed by atoms with E-state index < -0.39 is 11.6 Å². The number of rotatable bonds is 5. The lowest BCUT2D eigenvalue weighted by atomic mass is 10.1. The van der Waals surface area contributed by atoms with Crippen LogP contribution < -0.4 is 5.32 Å². The molecular weight excluding hydrogens is 330 g/mol. The fourth-order valence-corrected chi connectivity index (χ4v) is 2.46. The normalized spacial score (nSPS) is 11.2. The number of aromatic amines is 1.